The minimum absolute atomic E-state index is 0.178. The zero-order chi connectivity index (χ0) is 25.7. The van der Waals surface area contributed by atoms with Gasteiger partial charge < -0.3 is 14.8 Å². The lowest BCUT2D eigenvalue weighted by Crippen LogP contribution is -2.35. The van der Waals surface area contributed by atoms with Crippen molar-refractivity contribution in [1.29, 1.82) is 0 Å². The van der Waals surface area contributed by atoms with Gasteiger partial charge in [0, 0.05) is 5.69 Å². The lowest BCUT2D eigenvalue weighted by atomic mass is 10.2. The molecule has 184 valence electrons. The van der Waals surface area contributed by atoms with Gasteiger partial charge in [-0.3, -0.25) is 24.1 Å². The maximum Gasteiger partial charge on any atom is 0.326 e. The number of nitrogens with zero attached hydrogens (tertiary/aromatic N) is 1. The van der Waals surface area contributed by atoms with Crippen molar-refractivity contribution in [3.05, 3.63) is 61.4 Å². The van der Waals surface area contributed by atoms with Crippen LogP contribution in [0, 0.1) is 6.92 Å². The van der Waals surface area contributed by atoms with Crippen molar-refractivity contribution in [2.75, 3.05) is 18.5 Å². The van der Waals surface area contributed by atoms with Crippen LogP contribution in [0.5, 0.6) is 5.75 Å². The molecule has 0 atom stereocenters. The fraction of sp³-hybridized carbons (Fsp3) is 0.250. The first-order chi connectivity index (χ1) is 16.5. The zero-order valence-electron chi connectivity index (χ0n) is 19.1. The van der Waals surface area contributed by atoms with Crippen molar-refractivity contribution in [2.24, 2.45) is 0 Å². The Hall–Kier alpha value is -2.63. The number of rotatable bonds is 8. The lowest BCUT2D eigenvalue weighted by molar-refractivity contribution is -0.149. The lowest BCUT2D eigenvalue weighted by Gasteiger charge is -2.13. The number of benzene rings is 2. The number of anilines is 1. The van der Waals surface area contributed by atoms with Crippen molar-refractivity contribution >= 4 is 78.4 Å². The highest BCUT2D eigenvalue weighted by Gasteiger charge is 2.36. The summed E-state index contributed by atoms with van der Waals surface area (Å²) in [4.78, 5) is 50.0. The highest BCUT2D eigenvalue weighted by atomic mass is 79.9. The number of imide groups is 1. The van der Waals surface area contributed by atoms with Crippen LogP contribution in [0.15, 0.2) is 50.2 Å². The summed E-state index contributed by atoms with van der Waals surface area (Å²) in [5, 5.41) is 2.23. The number of ether oxygens (including phenoxy) is 2. The van der Waals surface area contributed by atoms with Crippen LogP contribution in [0.25, 0.3) is 6.08 Å². The van der Waals surface area contributed by atoms with Crippen molar-refractivity contribution < 1.29 is 28.7 Å². The van der Waals surface area contributed by atoms with Gasteiger partial charge in [-0.2, -0.15) is 0 Å². The molecule has 3 amide bonds. The van der Waals surface area contributed by atoms with Crippen LogP contribution in [0.1, 0.15) is 25.0 Å². The first-order valence-electron chi connectivity index (χ1n) is 10.5. The molecule has 0 bridgehead atoms. The number of hydrogen-bond acceptors (Lipinski definition) is 7. The Labute approximate surface area is 223 Å². The second kappa shape index (κ2) is 11.9. The molecular formula is C24H22Br2N2O6S. The number of thioether (sulfide) groups is 1. The van der Waals surface area contributed by atoms with Gasteiger partial charge in [0.2, 0.25) is 0 Å². The molecule has 11 heteroatoms. The second-order valence-electron chi connectivity index (χ2n) is 7.83. The van der Waals surface area contributed by atoms with Crippen LogP contribution in [0.4, 0.5) is 10.5 Å². The fourth-order valence-corrected chi connectivity index (χ4v) is 5.36. The Kier molecular flexibility index (Phi) is 9.15. The molecule has 0 radical (unpaired) electrons. The number of carbonyl (C=O) groups is 4. The number of halogens is 2. The van der Waals surface area contributed by atoms with E-state index < -0.39 is 23.7 Å². The van der Waals surface area contributed by atoms with Crippen LogP contribution >= 0.6 is 43.6 Å². The normalized spacial score (nSPS) is 14.6. The Morgan fingerprint density at radius 2 is 1.83 bits per heavy atom. The summed E-state index contributed by atoms with van der Waals surface area (Å²) < 4.78 is 11.8. The van der Waals surface area contributed by atoms with Crippen LogP contribution in [-0.4, -0.2) is 47.2 Å². The Morgan fingerprint density at radius 3 is 2.46 bits per heavy atom. The number of carbonyl (C=O) groups excluding carboxylic acids is 4. The van der Waals surface area contributed by atoms with Crippen LogP contribution in [0.2, 0.25) is 0 Å². The van der Waals surface area contributed by atoms with E-state index in [1.165, 1.54) is 0 Å². The first kappa shape index (κ1) is 27.0. The number of nitrogens with one attached hydrogen (secondary N) is 1. The summed E-state index contributed by atoms with van der Waals surface area (Å²) in [6, 6.07) is 10.8. The van der Waals surface area contributed by atoms with E-state index in [2.05, 4.69) is 37.2 Å². The third kappa shape index (κ3) is 7.42. The SMILES string of the molecule is Cc1cccc(NC(=O)COc2c(Br)cc(/C=C3\SC(=O)N(CC(=O)OC(C)C)C3=O)cc2Br)c1. The van der Waals surface area contributed by atoms with Crippen LogP contribution in [-0.2, 0) is 19.1 Å². The number of amides is 3. The molecule has 35 heavy (non-hydrogen) atoms. The predicted molar refractivity (Wildman–Crippen MR) is 141 cm³/mol. The predicted octanol–water partition coefficient (Wildman–Crippen LogP) is 5.53. The third-order valence-corrected chi connectivity index (χ3v) is 6.58. The van der Waals surface area contributed by atoms with E-state index in [1.807, 2.05) is 25.1 Å². The van der Waals surface area contributed by atoms with Gasteiger partial charge in [0.05, 0.1) is 20.0 Å². The van der Waals surface area contributed by atoms with E-state index in [4.69, 9.17) is 9.47 Å². The van der Waals surface area contributed by atoms with Crippen molar-refractivity contribution in [3.8, 4) is 5.75 Å². The molecule has 0 spiro atoms. The smallest absolute Gasteiger partial charge is 0.326 e. The van der Waals surface area contributed by atoms with Gasteiger partial charge in [-0.15, -0.1) is 0 Å². The quantitative estimate of drug-likeness (QED) is 0.304. The van der Waals surface area contributed by atoms with E-state index in [1.54, 1.807) is 38.1 Å². The molecule has 1 fully saturated rings. The number of hydrogen-bond donors (Lipinski definition) is 1. The van der Waals surface area contributed by atoms with Gasteiger partial charge in [-0.1, -0.05) is 12.1 Å². The van der Waals surface area contributed by atoms with Gasteiger partial charge in [-0.05, 0) is 106 Å². The average Bonchev–Trinajstić information content (AvgIpc) is 3.00. The Morgan fingerprint density at radius 1 is 1.14 bits per heavy atom. The molecule has 0 unspecified atom stereocenters. The van der Waals surface area contributed by atoms with Gasteiger partial charge in [-0.25, -0.2) is 0 Å². The largest absolute Gasteiger partial charge is 0.481 e. The zero-order valence-corrected chi connectivity index (χ0v) is 23.1. The first-order valence-corrected chi connectivity index (χ1v) is 12.9. The number of esters is 1. The topological polar surface area (TPSA) is 102 Å². The van der Waals surface area contributed by atoms with E-state index in [0.717, 1.165) is 22.2 Å². The van der Waals surface area contributed by atoms with Gasteiger partial charge >= 0.3 is 5.97 Å². The van der Waals surface area contributed by atoms with E-state index in [0.29, 0.717) is 25.9 Å². The fourth-order valence-electron chi connectivity index (χ4n) is 3.08. The van der Waals surface area contributed by atoms with E-state index in [-0.39, 0.29) is 23.5 Å². The van der Waals surface area contributed by atoms with Crippen molar-refractivity contribution in [2.45, 2.75) is 26.9 Å². The van der Waals surface area contributed by atoms with Crippen LogP contribution in [0.3, 0.4) is 0 Å². The molecule has 1 aliphatic heterocycles. The molecule has 1 saturated heterocycles. The molecule has 8 nitrogen and oxygen atoms in total. The van der Waals surface area contributed by atoms with Crippen molar-refractivity contribution in [1.82, 2.24) is 4.90 Å². The minimum Gasteiger partial charge on any atom is -0.481 e. The summed E-state index contributed by atoms with van der Waals surface area (Å²) in [6.07, 6.45) is 1.20. The Balaban J connectivity index is 1.67. The standard InChI is InChI=1S/C24H22Br2N2O6S/c1-13(2)34-21(30)11-28-23(31)19(35-24(28)32)10-15-8-17(25)22(18(26)9-15)33-12-20(29)27-16-6-4-5-14(3)7-16/h4-10,13H,11-12H2,1-3H3,(H,27,29)/b19-10-. The monoisotopic (exact) mass is 624 g/mol. The molecule has 2 aromatic carbocycles. The highest BCUT2D eigenvalue weighted by molar-refractivity contribution is 9.11. The molecule has 0 saturated carbocycles. The van der Waals surface area contributed by atoms with Gasteiger partial charge in [0.25, 0.3) is 17.1 Å². The number of aryl methyl sites for hydroxylation is 1. The summed E-state index contributed by atoms with van der Waals surface area (Å²) in [7, 11) is 0. The van der Waals surface area contributed by atoms with E-state index in [9.17, 15) is 19.2 Å². The molecule has 1 heterocycles. The average molecular weight is 626 g/mol. The maximum absolute atomic E-state index is 12.6. The van der Waals surface area contributed by atoms with Gasteiger partial charge in [0.15, 0.2) is 6.61 Å². The minimum atomic E-state index is -0.651. The highest BCUT2D eigenvalue weighted by Crippen LogP contribution is 2.37. The Bertz CT molecular complexity index is 1190. The molecule has 2 aromatic rings. The molecule has 0 aromatic heterocycles. The van der Waals surface area contributed by atoms with E-state index >= 15 is 0 Å². The summed E-state index contributed by atoms with van der Waals surface area (Å²) in [6.45, 7) is 4.65. The molecule has 1 N–H and O–H groups in total. The van der Waals surface area contributed by atoms with Crippen molar-refractivity contribution in [3.63, 3.8) is 0 Å². The molecular weight excluding hydrogens is 604 g/mol. The maximum atomic E-state index is 12.6. The summed E-state index contributed by atoms with van der Waals surface area (Å²) in [5.74, 6) is -1.13. The molecule has 3 rings (SSSR count). The van der Waals surface area contributed by atoms with Crippen LogP contribution < -0.4 is 10.1 Å². The summed E-state index contributed by atoms with van der Waals surface area (Å²) >= 11 is 7.59. The third-order valence-electron chi connectivity index (χ3n) is 4.50. The molecule has 1 aliphatic rings. The summed E-state index contributed by atoms with van der Waals surface area (Å²) in [5.41, 5.74) is 2.31. The second-order valence-corrected chi connectivity index (χ2v) is 10.5. The van der Waals surface area contributed by atoms with Gasteiger partial charge in [0.1, 0.15) is 12.3 Å². The molecule has 0 aliphatic carbocycles.